The highest BCUT2D eigenvalue weighted by Gasteiger charge is 2.07. The lowest BCUT2D eigenvalue weighted by molar-refractivity contribution is -0.145. The summed E-state index contributed by atoms with van der Waals surface area (Å²) >= 11 is 0. The maximum atomic E-state index is 11.8. The molecule has 3 N–H and O–H groups in total. The summed E-state index contributed by atoms with van der Waals surface area (Å²) < 4.78 is 5.33. The van der Waals surface area contributed by atoms with Crippen LogP contribution in [0.3, 0.4) is 0 Å². The van der Waals surface area contributed by atoms with Crippen LogP contribution in [0.4, 0.5) is 0 Å². The van der Waals surface area contributed by atoms with Crippen molar-refractivity contribution in [2.24, 2.45) is 0 Å². The standard InChI is InChI=1S/C21H36N4O2/c26-21(27-19-20-7-3-1-4-8-20)9-5-2-6-16-25-17-14-23-12-10-22-11-13-24-15-18-25/h1,3-4,7-8,22-24H,2,5-6,9-19H2. The fourth-order valence-electron chi connectivity index (χ4n) is 3.13. The van der Waals surface area contributed by atoms with Crippen LogP contribution in [0.25, 0.3) is 0 Å². The Labute approximate surface area is 164 Å². The predicted octanol–water partition coefficient (Wildman–Crippen LogP) is 1.37. The summed E-state index contributed by atoms with van der Waals surface area (Å²) in [5.41, 5.74) is 1.04. The van der Waals surface area contributed by atoms with E-state index in [2.05, 4.69) is 20.9 Å². The lowest BCUT2D eigenvalue weighted by Crippen LogP contribution is -2.42. The quantitative estimate of drug-likeness (QED) is 0.471. The lowest BCUT2D eigenvalue weighted by Gasteiger charge is -2.23. The molecule has 152 valence electrons. The molecule has 0 aliphatic carbocycles. The molecule has 0 aromatic heterocycles. The minimum atomic E-state index is -0.0906. The highest BCUT2D eigenvalue weighted by atomic mass is 16.5. The van der Waals surface area contributed by atoms with E-state index < -0.39 is 0 Å². The van der Waals surface area contributed by atoms with Crippen molar-refractivity contribution in [3.63, 3.8) is 0 Å². The van der Waals surface area contributed by atoms with E-state index in [9.17, 15) is 4.79 Å². The number of nitrogens with zero attached hydrogens (tertiary/aromatic N) is 1. The normalized spacial score (nSPS) is 17.6. The number of carbonyl (C=O) groups is 1. The van der Waals surface area contributed by atoms with Gasteiger partial charge in [-0.15, -0.1) is 0 Å². The molecule has 1 aromatic rings. The Morgan fingerprint density at radius 1 is 0.852 bits per heavy atom. The Morgan fingerprint density at radius 3 is 2.15 bits per heavy atom. The summed E-state index contributed by atoms with van der Waals surface area (Å²) in [6.45, 7) is 9.83. The molecule has 0 saturated carbocycles. The van der Waals surface area contributed by atoms with Gasteiger partial charge >= 0.3 is 5.97 Å². The molecule has 1 aliphatic heterocycles. The Balaban J connectivity index is 1.52. The maximum absolute atomic E-state index is 11.8. The van der Waals surface area contributed by atoms with E-state index in [1.54, 1.807) is 0 Å². The monoisotopic (exact) mass is 376 g/mol. The summed E-state index contributed by atoms with van der Waals surface area (Å²) in [6, 6.07) is 9.84. The van der Waals surface area contributed by atoms with E-state index in [1.165, 1.54) is 0 Å². The third kappa shape index (κ3) is 11.1. The number of esters is 1. The van der Waals surface area contributed by atoms with Crippen LogP contribution in [0.2, 0.25) is 0 Å². The third-order valence-electron chi connectivity index (χ3n) is 4.76. The highest BCUT2D eigenvalue weighted by molar-refractivity contribution is 5.69. The van der Waals surface area contributed by atoms with Crippen LogP contribution in [0.1, 0.15) is 31.2 Å². The largest absolute Gasteiger partial charge is 0.461 e. The number of rotatable bonds is 8. The van der Waals surface area contributed by atoms with E-state index in [-0.39, 0.29) is 5.97 Å². The molecule has 1 fully saturated rings. The van der Waals surface area contributed by atoms with Gasteiger partial charge in [-0.05, 0) is 24.9 Å². The van der Waals surface area contributed by atoms with Crippen LogP contribution in [-0.2, 0) is 16.1 Å². The molecule has 0 bridgehead atoms. The Kier molecular flexibility index (Phi) is 11.8. The zero-order valence-electron chi connectivity index (χ0n) is 16.5. The van der Waals surface area contributed by atoms with Crippen molar-refractivity contribution >= 4 is 5.97 Å². The molecule has 0 amide bonds. The minimum Gasteiger partial charge on any atom is -0.461 e. The van der Waals surface area contributed by atoms with Crippen molar-refractivity contribution in [3.05, 3.63) is 35.9 Å². The Bertz CT molecular complexity index is 486. The zero-order chi connectivity index (χ0) is 19.0. The molecule has 6 nitrogen and oxygen atoms in total. The molecular formula is C21H36N4O2. The Morgan fingerprint density at radius 2 is 1.48 bits per heavy atom. The molecular weight excluding hydrogens is 340 g/mol. The van der Waals surface area contributed by atoms with Gasteiger partial charge in [0.2, 0.25) is 0 Å². The molecule has 0 unspecified atom stereocenters. The molecule has 6 heteroatoms. The van der Waals surface area contributed by atoms with Crippen LogP contribution in [-0.4, -0.2) is 69.8 Å². The van der Waals surface area contributed by atoms with Crippen molar-refractivity contribution in [3.8, 4) is 0 Å². The van der Waals surface area contributed by atoms with E-state index in [1.807, 2.05) is 30.3 Å². The van der Waals surface area contributed by atoms with Gasteiger partial charge in [-0.25, -0.2) is 0 Å². The second kappa shape index (κ2) is 14.6. The summed E-state index contributed by atoms with van der Waals surface area (Å²) in [5.74, 6) is -0.0906. The van der Waals surface area contributed by atoms with Crippen molar-refractivity contribution in [2.75, 3.05) is 58.9 Å². The summed E-state index contributed by atoms with van der Waals surface area (Å²) in [4.78, 5) is 14.4. The first-order valence-electron chi connectivity index (χ1n) is 10.4. The van der Waals surface area contributed by atoms with Crippen LogP contribution in [0.5, 0.6) is 0 Å². The molecule has 0 atom stereocenters. The van der Waals surface area contributed by atoms with Gasteiger partial charge in [0.15, 0.2) is 0 Å². The summed E-state index contributed by atoms with van der Waals surface area (Å²) in [5, 5.41) is 10.4. The fraction of sp³-hybridized carbons (Fsp3) is 0.667. The van der Waals surface area contributed by atoms with Gasteiger partial charge in [-0.3, -0.25) is 4.79 Å². The molecule has 1 heterocycles. The second-order valence-electron chi connectivity index (χ2n) is 7.05. The molecule has 0 radical (unpaired) electrons. The van der Waals surface area contributed by atoms with Gasteiger partial charge in [0, 0.05) is 58.8 Å². The third-order valence-corrected chi connectivity index (χ3v) is 4.76. The van der Waals surface area contributed by atoms with E-state index in [4.69, 9.17) is 4.74 Å². The summed E-state index contributed by atoms with van der Waals surface area (Å²) in [7, 11) is 0. The average Bonchev–Trinajstić information content (AvgIpc) is 2.68. The number of hydrogen-bond acceptors (Lipinski definition) is 6. The first kappa shape index (κ1) is 21.8. The first-order valence-corrected chi connectivity index (χ1v) is 10.4. The molecule has 0 spiro atoms. The van der Waals surface area contributed by atoms with Gasteiger partial charge in [-0.2, -0.15) is 0 Å². The van der Waals surface area contributed by atoms with Crippen molar-refractivity contribution in [1.29, 1.82) is 0 Å². The van der Waals surface area contributed by atoms with E-state index in [0.717, 1.165) is 83.7 Å². The van der Waals surface area contributed by atoms with Crippen LogP contribution < -0.4 is 16.0 Å². The second-order valence-corrected chi connectivity index (χ2v) is 7.05. The van der Waals surface area contributed by atoms with Gasteiger partial charge in [0.05, 0.1) is 0 Å². The highest BCUT2D eigenvalue weighted by Crippen LogP contribution is 2.06. The number of benzene rings is 1. The summed E-state index contributed by atoms with van der Waals surface area (Å²) in [6.07, 6.45) is 3.63. The first-order chi connectivity index (χ1) is 13.3. The molecule has 1 aromatic carbocycles. The van der Waals surface area contributed by atoms with Gasteiger partial charge < -0.3 is 25.6 Å². The number of carbonyl (C=O) groups excluding carboxylic acids is 1. The number of nitrogens with one attached hydrogen (secondary N) is 3. The topological polar surface area (TPSA) is 65.6 Å². The van der Waals surface area contributed by atoms with Crippen molar-refractivity contribution in [1.82, 2.24) is 20.9 Å². The maximum Gasteiger partial charge on any atom is 0.306 e. The predicted molar refractivity (Wildman–Crippen MR) is 110 cm³/mol. The smallest absolute Gasteiger partial charge is 0.306 e. The average molecular weight is 377 g/mol. The number of unbranched alkanes of at least 4 members (excludes halogenated alkanes) is 2. The zero-order valence-corrected chi connectivity index (χ0v) is 16.5. The molecule has 1 aliphatic rings. The van der Waals surface area contributed by atoms with Crippen LogP contribution in [0, 0.1) is 0 Å². The van der Waals surface area contributed by atoms with Gasteiger partial charge in [0.1, 0.15) is 6.61 Å². The number of hydrogen-bond donors (Lipinski definition) is 3. The molecule has 2 rings (SSSR count). The van der Waals surface area contributed by atoms with Gasteiger partial charge in [-0.1, -0.05) is 36.8 Å². The van der Waals surface area contributed by atoms with Crippen molar-refractivity contribution < 1.29 is 9.53 Å². The minimum absolute atomic E-state index is 0.0906. The van der Waals surface area contributed by atoms with E-state index >= 15 is 0 Å². The number of ether oxygens (including phenoxy) is 1. The van der Waals surface area contributed by atoms with Crippen LogP contribution in [0.15, 0.2) is 30.3 Å². The Hall–Kier alpha value is -1.47. The van der Waals surface area contributed by atoms with E-state index in [0.29, 0.717) is 13.0 Å². The SMILES string of the molecule is O=C(CCCCCN1CCNCCNCCNCC1)OCc1ccccc1. The van der Waals surface area contributed by atoms with Gasteiger partial charge in [0.25, 0.3) is 0 Å². The van der Waals surface area contributed by atoms with Crippen LogP contribution >= 0.6 is 0 Å². The molecule has 27 heavy (non-hydrogen) atoms. The fourth-order valence-corrected chi connectivity index (χ4v) is 3.13. The molecule has 1 saturated heterocycles. The lowest BCUT2D eigenvalue weighted by atomic mass is 10.2. The van der Waals surface area contributed by atoms with Crippen molar-refractivity contribution in [2.45, 2.75) is 32.3 Å².